The fraction of sp³-hybridized carbons (Fsp3) is 0.200. The fourth-order valence-electron chi connectivity index (χ4n) is 1.37. The molecule has 0 bridgehead atoms. The van der Waals surface area contributed by atoms with Crippen molar-refractivity contribution in [1.29, 1.82) is 0 Å². The highest BCUT2D eigenvalue weighted by atomic mass is 15.3. The first-order valence-corrected chi connectivity index (χ1v) is 5.02. The Morgan fingerprint density at radius 2 is 2.31 bits per heavy atom. The predicted octanol–water partition coefficient (Wildman–Crippen LogP) is 0.676. The van der Waals surface area contributed by atoms with Crippen molar-refractivity contribution < 1.29 is 0 Å². The molecule has 0 aromatic carbocycles. The van der Waals surface area contributed by atoms with Gasteiger partial charge in [-0.3, -0.25) is 4.68 Å². The molecule has 0 aliphatic heterocycles. The van der Waals surface area contributed by atoms with E-state index in [0.717, 1.165) is 18.8 Å². The van der Waals surface area contributed by atoms with E-state index in [-0.39, 0.29) is 0 Å². The number of hydrogen-bond acceptors (Lipinski definition) is 5. The Hall–Kier alpha value is -2.08. The summed E-state index contributed by atoms with van der Waals surface area (Å²) in [6.45, 7) is 1.62. The van der Waals surface area contributed by atoms with E-state index in [1.54, 1.807) is 12.4 Å². The van der Waals surface area contributed by atoms with Crippen molar-refractivity contribution in [2.24, 2.45) is 5.84 Å². The second-order valence-electron chi connectivity index (χ2n) is 3.27. The monoisotopic (exact) mass is 218 g/mol. The average Bonchev–Trinajstić information content (AvgIpc) is 2.82. The minimum absolute atomic E-state index is 0.643. The first kappa shape index (κ1) is 10.4. The van der Waals surface area contributed by atoms with Crippen molar-refractivity contribution in [2.45, 2.75) is 6.54 Å². The number of nitrogen functional groups attached to an aromatic ring is 1. The minimum Gasteiger partial charge on any atom is -0.383 e. The third-order valence-corrected chi connectivity index (χ3v) is 2.14. The third kappa shape index (κ3) is 2.71. The van der Waals surface area contributed by atoms with E-state index in [2.05, 4.69) is 20.8 Å². The highest BCUT2D eigenvalue weighted by Gasteiger charge is 1.95. The van der Waals surface area contributed by atoms with Gasteiger partial charge in [-0.05, 0) is 12.1 Å². The molecule has 0 spiro atoms. The molecule has 2 heterocycles. The van der Waals surface area contributed by atoms with Gasteiger partial charge in [0.05, 0.1) is 6.54 Å². The van der Waals surface area contributed by atoms with Gasteiger partial charge < -0.3 is 10.7 Å². The van der Waals surface area contributed by atoms with Gasteiger partial charge >= 0.3 is 0 Å². The number of anilines is 2. The predicted molar refractivity (Wildman–Crippen MR) is 62.8 cm³/mol. The van der Waals surface area contributed by atoms with Crippen LogP contribution in [0.4, 0.5) is 11.5 Å². The van der Waals surface area contributed by atoms with Crippen LogP contribution in [-0.4, -0.2) is 21.3 Å². The van der Waals surface area contributed by atoms with Crippen molar-refractivity contribution in [3.63, 3.8) is 0 Å². The molecule has 0 saturated carbocycles. The van der Waals surface area contributed by atoms with E-state index in [4.69, 9.17) is 5.84 Å². The molecule has 16 heavy (non-hydrogen) atoms. The number of hydrazine groups is 1. The van der Waals surface area contributed by atoms with Gasteiger partial charge in [0.15, 0.2) is 0 Å². The molecule has 0 saturated heterocycles. The van der Waals surface area contributed by atoms with E-state index >= 15 is 0 Å². The average molecular weight is 218 g/mol. The molecule has 0 radical (unpaired) electrons. The zero-order valence-electron chi connectivity index (χ0n) is 8.80. The highest BCUT2D eigenvalue weighted by molar-refractivity contribution is 5.51. The van der Waals surface area contributed by atoms with E-state index < -0.39 is 0 Å². The maximum Gasteiger partial charge on any atom is 0.141 e. The van der Waals surface area contributed by atoms with Gasteiger partial charge in [0, 0.05) is 36.9 Å². The van der Waals surface area contributed by atoms with Crippen LogP contribution < -0.4 is 16.6 Å². The molecule has 6 nitrogen and oxygen atoms in total. The number of pyridine rings is 1. The van der Waals surface area contributed by atoms with Crippen molar-refractivity contribution >= 4 is 11.5 Å². The number of aromatic nitrogens is 3. The molecular formula is C10H14N6. The number of hydrogen-bond donors (Lipinski definition) is 3. The Morgan fingerprint density at radius 1 is 1.38 bits per heavy atom. The molecular weight excluding hydrogens is 204 g/mol. The summed E-state index contributed by atoms with van der Waals surface area (Å²) >= 11 is 0. The van der Waals surface area contributed by atoms with Gasteiger partial charge in [-0.2, -0.15) is 5.10 Å². The quantitative estimate of drug-likeness (QED) is 0.508. The van der Waals surface area contributed by atoms with E-state index in [9.17, 15) is 0 Å². The first-order chi connectivity index (χ1) is 7.88. The Kier molecular flexibility index (Phi) is 3.35. The first-order valence-electron chi connectivity index (χ1n) is 5.02. The molecule has 0 unspecified atom stereocenters. The Balaban J connectivity index is 1.85. The van der Waals surface area contributed by atoms with Crippen LogP contribution in [0.15, 0.2) is 36.8 Å². The van der Waals surface area contributed by atoms with Gasteiger partial charge in [-0.1, -0.05) is 0 Å². The zero-order chi connectivity index (χ0) is 11.2. The lowest BCUT2D eigenvalue weighted by Gasteiger charge is -2.07. The van der Waals surface area contributed by atoms with Gasteiger partial charge in [0.1, 0.15) is 5.82 Å². The van der Waals surface area contributed by atoms with E-state index in [0.29, 0.717) is 5.82 Å². The summed E-state index contributed by atoms with van der Waals surface area (Å²) in [5.41, 5.74) is 3.48. The van der Waals surface area contributed by atoms with Gasteiger partial charge in [0.2, 0.25) is 0 Å². The van der Waals surface area contributed by atoms with Crippen molar-refractivity contribution in [1.82, 2.24) is 14.8 Å². The zero-order valence-corrected chi connectivity index (χ0v) is 8.80. The summed E-state index contributed by atoms with van der Waals surface area (Å²) in [4.78, 5) is 4.02. The summed E-state index contributed by atoms with van der Waals surface area (Å²) in [6, 6.07) is 5.65. The highest BCUT2D eigenvalue weighted by Crippen LogP contribution is 2.10. The molecule has 0 fully saturated rings. The summed E-state index contributed by atoms with van der Waals surface area (Å²) in [5, 5.41) is 7.37. The number of nitrogens with zero attached hydrogens (tertiary/aromatic N) is 3. The number of nitrogens with two attached hydrogens (primary N) is 1. The molecule has 0 atom stereocenters. The van der Waals surface area contributed by atoms with Crippen LogP contribution in [0.2, 0.25) is 0 Å². The lowest BCUT2D eigenvalue weighted by atomic mass is 10.4. The van der Waals surface area contributed by atoms with Crippen molar-refractivity contribution in [3.8, 4) is 0 Å². The molecule has 4 N–H and O–H groups in total. The molecule has 0 amide bonds. The summed E-state index contributed by atoms with van der Waals surface area (Å²) < 4.78 is 1.87. The van der Waals surface area contributed by atoms with Gasteiger partial charge in [-0.25, -0.2) is 10.8 Å². The third-order valence-electron chi connectivity index (χ3n) is 2.14. The minimum atomic E-state index is 0.643. The number of nitrogens with one attached hydrogen (secondary N) is 2. The number of rotatable bonds is 5. The van der Waals surface area contributed by atoms with Crippen LogP contribution in [0.1, 0.15) is 0 Å². The molecule has 0 aliphatic carbocycles. The Morgan fingerprint density at radius 3 is 3.06 bits per heavy atom. The topological polar surface area (TPSA) is 80.8 Å². The summed E-state index contributed by atoms with van der Waals surface area (Å²) in [6.07, 6.45) is 5.40. The molecule has 2 aromatic heterocycles. The summed E-state index contributed by atoms with van der Waals surface area (Å²) in [7, 11) is 0. The van der Waals surface area contributed by atoms with E-state index in [1.165, 1.54) is 0 Å². The molecule has 0 aliphatic rings. The summed E-state index contributed by atoms with van der Waals surface area (Å²) in [5.74, 6) is 5.91. The molecule has 6 heteroatoms. The lowest BCUT2D eigenvalue weighted by Crippen LogP contribution is -2.12. The van der Waals surface area contributed by atoms with Crippen molar-refractivity contribution in [2.75, 3.05) is 17.3 Å². The second-order valence-corrected chi connectivity index (χ2v) is 3.27. The van der Waals surface area contributed by atoms with Crippen LogP contribution in [0.5, 0.6) is 0 Å². The second kappa shape index (κ2) is 5.13. The molecule has 84 valence electrons. The maximum absolute atomic E-state index is 5.27. The SMILES string of the molecule is NNc1cc(NCCn2cccn2)ccn1. The fourth-order valence-corrected chi connectivity index (χ4v) is 1.37. The van der Waals surface area contributed by atoms with Crippen LogP contribution in [-0.2, 0) is 6.54 Å². The van der Waals surface area contributed by atoms with Crippen LogP contribution in [0.3, 0.4) is 0 Å². The van der Waals surface area contributed by atoms with Crippen LogP contribution >= 0.6 is 0 Å². The van der Waals surface area contributed by atoms with E-state index in [1.807, 2.05) is 29.1 Å². The molecule has 2 aromatic rings. The Bertz CT molecular complexity index is 425. The largest absolute Gasteiger partial charge is 0.383 e. The Labute approximate surface area is 93.5 Å². The van der Waals surface area contributed by atoms with Crippen LogP contribution in [0, 0.1) is 0 Å². The molecule has 2 rings (SSSR count). The normalized spacial score (nSPS) is 10.1. The van der Waals surface area contributed by atoms with Crippen molar-refractivity contribution in [3.05, 3.63) is 36.8 Å². The van der Waals surface area contributed by atoms with Gasteiger partial charge in [-0.15, -0.1) is 0 Å². The lowest BCUT2D eigenvalue weighted by molar-refractivity contribution is 0.638. The maximum atomic E-state index is 5.27. The van der Waals surface area contributed by atoms with Gasteiger partial charge in [0.25, 0.3) is 0 Å². The van der Waals surface area contributed by atoms with Crippen LogP contribution in [0.25, 0.3) is 0 Å². The smallest absolute Gasteiger partial charge is 0.141 e. The standard InChI is InChI=1S/C10H14N6/c11-15-10-8-9(2-4-13-10)12-5-7-16-6-1-3-14-16/h1-4,6,8H,5,7,11H2,(H2,12,13,15).